The highest BCUT2D eigenvalue weighted by Crippen LogP contribution is 2.26. The van der Waals surface area contributed by atoms with Gasteiger partial charge in [0.05, 0.1) is 5.71 Å². The third kappa shape index (κ3) is 7.18. The highest BCUT2D eigenvalue weighted by molar-refractivity contribution is 6.32. The number of hydrogen-bond donors (Lipinski definition) is 2. The Labute approximate surface area is 155 Å². The van der Waals surface area contributed by atoms with Gasteiger partial charge in [-0.2, -0.15) is 0 Å². The zero-order chi connectivity index (χ0) is 18.3. The molecule has 1 atom stereocenters. The summed E-state index contributed by atoms with van der Waals surface area (Å²) in [6.45, 7) is 6.86. The van der Waals surface area contributed by atoms with Gasteiger partial charge in [-0.05, 0) is 69.7 Å². The lowest BCUT2D eigenvalue weighted by Gasteiger charge is -2.22. The molecule has 1 aliphatic carbocycles. The van der Waals surface area contributed by atoms with E-state index in [2.05, 4.69) is 37.3 Å². The Balaban J connectivity index is 1.96. The SMILES string of the molecule is CC(C)(C)NC[C@H](O)CO/N=C1\CCCCC1=Cc1ccccc1Cl. The van der Waals surface area contributed by atoms with Crippen molar-refractivity contribution in [3.05, 3.63) is 40.4 Å². The molecule has 1 aromatic carbocycles. The van der Waals surface area contributed by atoms with Crippen LogP contribution in [0.5, 0.6) is 0 Å². The van der Waals surface area contributed by atoms with Gasteiger partial charge in [0, 0.05) is 17.1 Å². The number of β-amino-alcohol motifs (C(OH)–C–C–N with tert-alkyl or cyclic N) is 1. The third-order valence-corrected chi connectivity index (χ3v) is 4.37. The zero-order valence-electron chi connectivity index (χ0n) is 15.4. The van der Waals surface area contributed by atoms with Crippen molar-refractivity contribution in [3.63, 3.8) is 0 Å². The minimum absolute atomic E-state index is 0.0267. The molecular weight excluding hydrogens is 336 g/mol. The molecule has 1 fully saturated rings. The van der Waals surface area contributed by atoms with Crippen molar-refractivity contribution in [1.29, 1.82) is 0 Å². The van der Waals surface area contributed by atoms with Crippen LogP contribution in [0.25, 0.3) is 6.08 Å². The summed E-state index contributed by atoms with van der Waals surface area (Å²) in [6, 6.07) is 7.80. The molecule has 1 saturated carbocycles. The average Bonchev–Trinajstić information content (AvgIpc) is 2.56. The Bertz CT molecular complexity index is 620. The van der Waals surface area contributed by atoms with Gasteiger partial charge in [-0.3, -0.25) is 0 Å². The number of benzene rings is 1. The molecule has 2 N–H and O–H groups in total. The van der Waals surface area contributed by atoms with E-state index in [9.17, 15) is 5.11 Å². The van der Waals surface area contributed by atoms with Crippen LogP contribution < -0.4 is 5.32 Å². The van der Waals surface area contributed by atoms with Gasteiger partial charge in [-0.25, -0.2) is 0 Å². The summed E-state index contributed by atoms with van der Waals surface area (Å²) in [5.41, 5.74) is 3.10. The first-order chi connectivity index (χ1) is 11.8. The van der Waals surface area contributed by atoms with E-state index in [1.165, 1.54) is 5.57 Å². The molecule has 138 valence electrons. The molecule has 4 nitrogen and oxygen atoms in total. The Morgan fingerprint density at radius 1 is 1.28 bits per heavy atom. The normalized spacial score (nSPS) is 20.0. The highest BCUT2D eigenvalue weighted by Gasteiger charge is 2.16. The van der Waals surface area contributed by atoms with E-state index < -0.39 is 6.10 Å². The first-order valence-electron chi connectivity index (χ1n) is 8.92. The second-order valence-corrected chi connectivity index (χ2v) is 7.92. The molecule has 5 heteroatoms. The number of hydrogen-bond acceptors (Lipinski definition) is 4. The van der Waals surface area contributed by atoms with Gasteiger partial charge in [-0.1, -0.05) is 35.0 Å². The maximum absolute atomic E-state index is 9.99. The fourth-order valence-electron chi connectivity index (χ4n) is 2.64. The molecular formula is C20H29ClN2O2. The lowest BCUT2D eigenvalue weighted by Crippen LogP contribution is -2.42. The van der Waals surface area contributed by atoms with Crippen LogP contribution in [0.4, 0.5) is 0 Å². The molecule has 1 aliphatic rings. The van der Waals surface area contributed by atoms with E-state index in [0.717, 1.165) is 42.0 Å². The lowest BCUT2D eigenvalue weighted by atomic mass is 9.91. The summed E-state index contributed by atoms with van der Waals surface area (Å²) in [6.07, 6.45) is 5.64. The van der Waals surface area contributed by atoms with Crippen LogP contribution in [0.3, 0.4) is 0 Å². The first-order valence-corrected chi connectivity index (χ1v) is 9.30. The molecule has 0 radical (unpaired) electrons. The smallest absolute Gasteiger partial charge is 0.144 e. The second kappa shape index (κ2) is 9.37. The Morgan fingerprint density at radius 2 is 2.00 bits per heavy atom. The molecule has 0 bridgehead atoms. The topological polar surface area (TPSA) is 53.8 Å². The third-order valence-electron chi connectivity index (χ3n) is 4.03. The van der Waals surface area contributed by atoms with Gasteiger partial charge in [0.2, 0.25) is 0 Å². The molecule has 0 amide bonds. The van der Waals surface area contributed by atoms with E-state index in [-0.39, 0.29) is 12.1 Å². The van der Waals surface area contributed by atoms with Gasteiger partial charge < -0.3 is 15.3 Å². The van der Waals surface area contributed by atoms with E-state index in [4.69, 9.17) is 16.4 Å². The van der Waals surface area contributed by atoms with Gasteiger partial charge in [0.1, 0.15) is 12.7 Å². The summed E-state index contributed by atoms with van der Waals surface area (Å²) >= 11 is 6.25. The fourth-order valence-corrected chi connectivity index (χ4v) is 2.83. The Hall–Kier alpha value is -1.36. The van der Waals surface area contributed by atoms with Crippen LogP contribution in [-0.2, 0) is 4.84 Å². The minimum atomic E-state index is -0.580. The molecule has 0 heterocycles. The molecule has 1 aromatic rings. The van der Waals surface area contributed by atoms with Crippen molar-refractivity contribution in [2.45, 2.75) is 58.1 Å². The maximum Gasteiger partial charge on any atom is 0.144 e. The van der Waals surface area contributed by atoms with Crippen molar-refractivity contribution >= 4 is 23.4 Å². The summed E-state index contributed by atoms with van der Waals surface area (Å²) in [7, 11) is 0. The quantitative estimate of drug-likeness (QED) is 0.734. The number of aliphatic hydroxyl groups excluding tert-OH is 1. The molecule has 0 saturated heterocycles. The van der Waals surface area contributed by atoms with Gasteiger partial charge in [-0.15, -0.1) is 0 Å². The molecule has 0 unspecified atom stereocenters. The van der Waals surface area contributed by atoms with Crippen LogP contribution in [0, 0.1) is 0 Å². The van der Waals surface area contributed by atoms with Gasteiger partial charge in [0.15, 0.2) is 0 Å². The minimum Gasteiger partial charge on any atom is -0.393 e. The average molecular weight is 365 g/mol. The molecule has 0 spiro atoms. The van der Waals surface area contributed by atoms with Crippen molar-refractivity contribution in [1.82, 2.24) is 5.32 Å². The van der Waals surface area contributed by atoms with E-state index in [0.29, 0.717) is 6.54 Å². The number of aliphatic hydroxyl groups is 1. The molecule has 0 aliphatic heterocycles. The predicted octanol–water partition coefficient (Wildman–Crippen LogP) is 4.42. The van der Waals surface area contributed by atoms with E-state index in [1.54, 1.807) is 0 Å². The molecule has 25 heavy (non-hydrogen) atoms. The number of nitrogens with zero attached hydrogens (tertiary/aromatic N) is 1. The maximum atomic E-state index is 9.99. The van der Waals surface area contributed by atoms with E-state index in [1.807, 2.05) is 24.3 Å². The largest absolute Gasteiger partial charge is 0.393 e. The number of allylic oxidation sites excluding steroid dienone is 1. The summed E-state index contributed by atoms with van der Waals surface area (Å²) in [5, 5.41) is 18.3. The summed E-state index contributed by atoms with van der Waals surface area (Å²) in [5.74, 6) is 0. The van der Waals surface area contributed by atoms with Crippen LogP contribution >= 0.6 is 11.6 Å². The zero-order valence-corrected chi connectivity index (χ0v) is 16.1. The fraction of sp³-hybridized carbons (Fsp3) is 0.550. The Morgan fingerprint density at radius 3 is 2.72 bits per heavy atom. The number of rotatable bonds is 6. The predicted molar refractivity (Wildman–Crippen MR) is 105 cm³/mol. The monoisotopic (exact) mass is 364 g/mol. The Kier molecular flexibility index (Phi) is 7.48. The van der Waals surface area contributed by atoms with Crippen molar-refractivity contribution < 1.29 is 9.94 Å². The van der Waals surface area contributed by atoms with Crippen LogP contribution in [-0.4, -0.2) is 35.6 Å². The number of nitrogens with one attached hydrogen (secondary N) is 1. The van der Waals surface area contributed by atoms with Crippen LogP contribution in [0.1, 0.15) is 52.0 Å². The van der Waals surface area contributed by atoms with Gasteiger partial charge >= 0.3 is 0 Å². The lowest BCUT2D eigenvalue weighted by molar-refractivity contribution is 0.0369. The molecule has 0 aromatic heterocycles. The highest BCUT2D eigenvalue weighted by atomic mass is 35.5. The van der Waals surface area contributed by atoms with Crippen molar-refractivity contribution in [2.24, 2.45) is 5.16 Å². The summed E-state index contributed by atoms with van der Waals surface area (Å²) < 4.78 is 0. The van der Waals surface area contributed by atoms with E-state index >= 15 is 0 Å². The van der Waals surface area contributed by atoms with Gasteiger partial charge in [0.25, 0.3) is 0 Å². The second-order valence-electron chi connectivity index (χ2n) is 7.52. The van der Waals surface area contributed by atoms with Crippen molar-refractivity contribution in [3.8, 4) is 0 Å². The van der Waals surface area contributed by atoms with Crippen molar-refractivity contribution in [2.75, 3.05) is 13.2 Å². The standard InChI is InChI=1S/C20H29ClN2O2/c1-20(2,3)22-13-17(24)14-25-23-19-11-7-5-9-16(19)12-15-8-4-6-10-18(15)21/h4,6,8,10,12,17,22,24H,5,7,9,11,13-14H2,1-3H3/b16-12?,23-19+/t17-/m0/s1. The van der Waals surface area contributed by atoms with Crippen LogP contribution in [0.15, 0.2) is 35.0 Å². The molecule has 2 rings (SSSR count). The van der Waals surface area contributed by atoms with Crippen LogP contribution in [0.2, 0.25) is 5.02 Å². The first kappa shape index (κ1) is 20.0. The number of oxime groups is 1. The summed E-state index contributed by atoms with van der Waals surface area (Å²) in [4.78, 5) is 5.42. The number of halogens is 1.